The van der Waals surface area contributed by atoms with Crippen LogP contribution in [0.2, 0.25) is 0 Å². The topological polar surface area (TPSA) is 37.4 Å². The lowest BCUT2D eigenvalue weighted by Gasteiger charge is -2.24. The average molecular weight is 350 g/mol. The Morgan fingerprint density at radius 2 is 2.05 bits per heavy atom. The molecule has 1 aromatic carbocycles. The van der Waals surface area contributed by atoms with Crippen molar-refractivity contribution >= 4 is 26.0 Å². The van der Waals surface area contributed by atoms with Crippen LogP contribution in [0.5, 0.6) is 0 Å². The molecule has 1 aliphatic rings. The summed E-state index contributed by atoms with van der Waals surface area (Å²) in [5, 5.41) is 0. The Morgan fingerprint density at radius 3 is 2.53 bits per heavy atom. The molecule has 106 valence electrons. The standard InChI is InChI=1S/C13H17BrFNO2S/c1-9(2)8-16(11-4-5-11)19(17,18)13-6-3-10(14)7-12(13)15/h3,6-7,9,11H,4-5,8H2,1-2H3. The van der Waals surface area contributed by atoms with Crippen LogP contribution in [-0.2, 0) is 10.0 Å². The Kier molecular flexibility index (Phi) is 4.32. The average Bonchev–Trinajstić information content (AvgIpc) is 3.08. The molecule has 0 unspecified atom stereocenters. The smallest absolute Gasteiger partial charge is 0.207 e. The molecule has 2 rings (SSSR count). The van der Waals surface area contributed by atoms with Crippen LogP contribution in [0.25, 0.3) is 0 Å². The van der Waals surface area contributed by atoms with Crippen molar-refractivity contribution in [2.24, 2.45) is 5.92 Å². The Balaban J connectivity index is 2.38. The van der Waals surface area contributed by atoms with Crippen molar-refractivity contribution in [2.45, 2.75) is 37.6 Å². The van der Waals surface area contributed by atoms with Gasteiger partial charge >= 0.3 is 0 Å². The summed E-state index contributed by atoms with van der Waals surface area (Å²) >= 11 is 3.13. The van der Waals surface area contributed by atoms with E-state index in [1.165, 1.54) is 16.4 Å². The predicted molar refractivity (Wildman–Crippen MR) is 75.9 cm³/mol. The van der Waals surface area contributed by atoms with Gasteiger partial charge in [0, 0.05) is 17.1 Å². The van der Waals surface area contributed by atoms with Crippen molar-refractivity contribution in [3.8, 4) is 0 Å². The minimum atomic E-state index is -3.74. The molecule has 0 heterocycles. The number of halogens is 2. The van der Waals surface area contributed by atoms with Gasteiger partial charge in [0.1, 0.15) is 10.7 Å². The minimum Gasteiger partial charge on any atom is -0.207 e. The number of hydrogen-bond donors (Lipinski definition) is 0. The summed E-state index contributed by atoms with van der Waals surface area (Å²) in [6.07, 6.45) is 1.73. The van der Waals surface area contributed by atoms with E-state index in [0.717, 1.165) is 12.8 Å². The number of nitrogens with zero attached hydrogens (tertiary/aromatic N) is 1. The minimum absolute atomic E-state index is 0.0375. The van der Waals surface area contributed by atoms with E-state index in [9.17, 15) is 12.8 Å². The first-order valence-electron chi connectivity index (χ1n) is 6.29. The molecular weight excluding hydrogens is 333 g/mol. The van der Waals surface area contributed by atoms with Gasteiger partial charge in [-0.3, -0.25) is 0 Å². The van der Waals surface area contributed by atoms with Crippen LogP contribution < -0.4 is 0 Å². The molecular formula is C13H17BrFNO2S. The lowest BCUT2D eigenvalue weighted by molar-refractivity contribution is 0.358. The lowest BCUT2D eigenvalue weighted by atomic mass is 10.2. The molecule has 1 saturated carbocycles. The fraction of sp³-hybridized carbons (Fsp3) is 0.538. The summed E-state index contributed by atoms with van der Waals surface area (Å²) in [7, 11) is -3.74. The molecule has 19 heavy (non-hydrogen) atoms. The SMILES string of the molecule is CC(C)CN(C1CC1)S(=O)(=O)c1ccc(Br)cc1F. The van der Waals surface area contributed by atoms with Gasteiger partial charge in [-0.2, -0.15) is 4.31 Å². The summed E-state index contributed by atoms with van der Waals surface area (Å²) in [4.78, 5) is -0.233. The second-order valence-corrected chi connectivity index (χ2v) is 8.05. The number of rotatable bonds is 5. The number of benzene rings is 1. The van der Waals surface area contributed by atoms with Gasteiger partial charge in [0.05, 0.1) is 0 Å². The monoisotopic (exact) mass is 349 g/mol. The summed E-state index contributed by atoms with van der Waals surface area (Å²) in [6, 6.07) is 4.10. The highest BCUT2D eigenvalue weighted by molar-refractivity contribution is 9.10. The predicted octanol–water partition coefficient (Wildman–Crippen LogP) is 3.40. The molecule has 0 N–H and O–H groups in total. The summed E-state index contributed by atoms with van der Waals surface area (Å²) in [5.41, 5.74) is 0. The fourth-order valence-corrected chi connectivity index (χ4v) is 4.21. The van der Waals surface area contributed by atoms with E-state index in [0.29, 0.717) is 11.0 Å². The summed E-state index contributed by atoms with van der Waals surface area (Å²) < 4.78 is 41.0. The van der Waals surface area contributed by atoms with E-state index in [2.05, 4.69) is 15.9 Å². The van der Waals surface area contributed by atoms with Gasteiger partial charge in [-0.25, -0.2) is 12.8 Å². The zero-order chi connectivity index (χ0) is 14.2. The Labute approximate surface area is 122 Å². The molecule has 3 nitrogen and oxygen atoms in total. The highest BCUT2D eigenvalue weighted by atomic mass is 79.9. The second-order valence-electron chi connectivity index (χ2n) is 5.27. The molecule has 0 saturated heterocycles. The number of sulfonamides is 1. The zero-order valence-corrected chi connectivity index (χ0v) is 13.3. The molecule has 1 fully saturated rings. The van der Waals surface area contributed by atoms with Crippen LogP contribution in [-0.4, -0.2) is 25.3 Å². The van der Waals surface area contributed by atoms with E-state index in [-0.39, 0.29) is 16.9 Å². The normalized spacial score (nSPS) is 16.3. The Morgan fingerprint density at radius 1 is 1.42 bits per heavy atom. The first-order chi connectivity index (χ1) is 8.82. The van der Waals surface area contributed by atoms with Crippen LogP contribution in [0.4, 0.5) is 4.39 Å². The Bertz CT molecular complexity index is 570. The van der Waals surface area contributed by atoms with Gasteiger partial charge in [0.25, 0.3) is 0 Å². The molecule has 0 atom stereocenters. The van der Waals surface area contributed by atoms with E-state index < -0.39 is 15.8 Å². The van der Waals surface area contributed by atoms with Gasteiger partial charge in [-0.15, -0.1) is 0 Å². The zero-order valence-electron chi connectivity index (χ0n) is 10.9. The van der Waals surface area contributed by atoms with Gasteiger partial charge in [0.15, 0.2) is 0 Å². The van der Waals surface area contributed by atoms with E-state index in [1.54, 1.807) is 6.07 Å². The third kappa shape index (κ3) is 3.35. The second kappa shape index (κ2) is 5.50. The van der Waals surface area contributed by atoms with Crippen molar-refractivity contribution in [2.75, 3.05) is 6.54 Å². The van der Waals surface area contributed by atoms with Crippen molar-refractivity contribution in [1.29, 1.82) is 0 Å². The van der Waals surface area contributed by atoms with Crippen molar-refractivity contribution in [1.82, 2.24) is 4.31 Å². The molecule has 0 bridgehead atoms. The maximum Gasteiger partial charge on any atom is 0.246 e. The summed E-state index contributed by atoms with van der Waals surface area (Å²) in [5.74, 6) is -0.488. The molecule has 0 aliphatic heterocycles. The molecule has 0 amide bonds. The highest BCUT2D eigenvalue weighted by Gasteiger charge is 2.39. The first-order valence-corrected chi connectivity index (χ1v) is 8.52. The summed E-state index contributed by atoms with van der Waals surface area (Å²) in [6.45, 7) is 4.36. The van der Waals surface area contributed by atoms with Crippen molar-refractivity contribution < 1.29 is 12.8 Å². The molecule has 1 aromatic rings. The van der Waals surface area contributed by atoms with E-state index in [1.807, 2.05) is 13.8 Å². The highest BCUT2D eigenvalue weighted by Crippen LogP contribution is 2.33. The van der Waals surface area contributed by atoms with Crippen molar-refractivity contribution in [3.05, 3.63) is 28.5 Å². The largest absolute Gasteiger partial charge is 0.246 e. The third-order valence-electron chi connectivity index (χ3n) is 2.98. The van der Waals surface area contributed by atoms with Crippen LogP contribution in [0.3, 0.4) is 0 Å². The van der Waals surface area contributed by atoms with Gasteiger partial charge in [-0.1, -0.05) is 29.8 Å². The Hall–Kier alpha value is -0.460. The third-order valence-corrected chi connectivity index (χ3v) is 5.42. The lowest BCUT2D eigenvalue weighted by Crippen LogP contribution is -2.36. The molecule has 0 spiro atoms. The van der Waals surface area contributed by atoms with Crippen LogP contribution >= 0.6 is 15.9 Å². The molecule has 6 heteroatoms. The number of hydrogen-bond acceptors (Lipinski definition) is 2. The van der Waals surface area contributed by atoms with E-state index >= 15 is 0 Å². The molecule has 0 aromatic heterocycles. The van der Waals surface area contributed by atoms with Crippen LogP contribution in [0.15, 0.2) is 27.6 Å². The van der Waals surface area contributed by atoms with E-state index in [4.69, 9.17) is 0 Å². The molecule has 1 aliphatic carbocycles. The first kappa shape index (κ1) is 14.9. The fourth-order valence-electron chi connectivity index (χ4n) is 1.98. The van der Waals surface area contributed by atoms with Gasteiger partial charge in [-0.05, 0) is 37.0 Å². The van der Waals surface area contributed by atoms with Gasteiger partial charge in [0.2, 0.25) is 10.0 Å². The maximum atomic E-state index is 13.9. The maximum absolute atomic E-state index is 13.9. The van der Waals surface area contributed by atoms with Crippen LogP contribution in [0.1, 0.15) is 26.7 Å². The van der Waals surface area contributed by atoms with Crippen LogP contribution in [0, 0.1) is 11.7 Å². The van der Waals surface area contributed by atoms with Gasteiger partial charge < -0.3 is 0 Å². The quantitative estimate of drug-likeness (QED) is 0.816. The molecule has 0 radical (unpaired) electrons. The van der Waals surface area contributed by atoms with Crippen molar-refractivity contribution in [3.63, 3.8) is 0 Å².